The van der Waals surface area contributed by atoms with Gasteiger partial charge in [-0.15, -0.1) is 0 Å². The molecule has 0 saturated heterocycles. The highest BCUT2D eigenvalue weighted by Gasteiger charge is 2.43. The Hall–Kier alpha value is -2.49. The molecule has 4 heteroatoms. The molecule has 0 unspecified atom stereocenters. The quantitative estimate of drug-likeness (QED) is 0.884. The Morgan fingerprint density at radius 3 is 2.46 bits per heavy atom. The molecule has 2 aromatic carbocycles. The second-order valence-electron chi connectivity index (χ2n) is 7.42. The summed E-state index contributed by atoms with van der Waals surface area (Å²) in [5.41, 5.74) is 3.66. The van der Waals surface area contributed by atoms with Crippen molar-refractivity contribution in [1.29, 1.82) is 0 Å². The van der Waals surface area contributed by atoms with Crippen LogP contribution in [0.4, 0.5) is 5.69 Å². The first-order valence-electron chi connectivity index (χ1n) is 9.37. The van der Waals surface area contributed by atoms with E-state index in [-0.39, 0.29) is 5.91 Å². The molecule has 1 N–H and O–H groups in total. The van der Waals surface area contributed by atoms with Crippen LogP contribution in [0.2, 0.25) is 0 Å². The zero-order valence-electron chi connectivity index (χ0n) is 15.4. The first-order valence-corrected chi connectivity index (χ1v) is 9.37. The molecule has 0 atom stereocenters. The van der Waals surface area contributed by atoms with Gasteiger partial charge in [0.1, 0.15) is 13.2 Å². The lowest BCUT2D eigenvalue weighted by molar-refractivity contribution is -0.121. The second kappa shape index (κ2) is 6.67. The minimum Gasteiger partial charge on any atom is -0.486 e. The second-order valence-corrected chi connectivity index (χ2v) is 7.42. The predicted octanol–water partition coefficient (Wildman–Crippen LogP) is 4.53. The lowest BCUT2D eigenvalue weighted by atomic mass is 9.77. The number of amides is 1. The molecule has 0 bridgehead atoms. The molecule has 0 radical (unpaired) electrons. The van der Waals surface area contributed by atoms with Crippen LogP contribution in [0.1, 0.15) is 42.4 Å². The van der Waals surface area contributed by atoms with Gasteiger partial charge in [0.15, 0.2) is 11.5 Å². The van der Waals surface area contributed by atoms with Gasteiger partial charge in [0, 0.05) is 5.69 Å². The van der Waals surface area contributed by atoms with Gasteiger partial charge in [-0.05, 0) is 61.6 Å². The van der Waals surface area contributed by atoms with E-state index in [4.69, 9.17) is 9.47 Å². The predicted molar refractivity (Wildman–Crippen MR) is 102 cm³/mol. The van der Waals surface area contributed by atoms with E-state index in [2.05, 4.69) is 17.4 Å². The maximum absolute atomic E-state index is 13.4. The van der Waals surface area contributed by atoms with E-state index >= 15 is 0 Å². The lowest BCUT2D eigenvalue weighted by Gasteiger charge is -2.30. The number of carbonyl (C=O) groups is 1. The van der Waals surface area contributed by atoms with E-state index < -0.39 is 5.41 Å². The Labute approximate surface area is 154 Å². The minimum absolute atomic E-state index is 0.0837. The minimum atomic E-state index is -0.494. The number of fused-ring (bicyclic) bond motifs is 1. The maximum atomic E-state index is 13.4. The van der Waals surface area contributed by atoms with Crippen LogP contribution >= 0.6 is 0 Å². The Morgan fingerprint density at radius 2 is 1.69 bits per heavy atom. The average molecular weight is 351 g/mol. The van der Waals surface area contributed by atoms with Gasteiger partial charge in [-0.2, -0.15) is 0 Å². The fourth-order valence-corrected chi connectivity index (χ4v) is 4.08. The normalized spacial score (nSPS) is 17.8. The van der Waals surface area contributed by atoms with Crippen molar-refractivity contribution in [2.24, 2.45) is 0 Å². The van der Waals surface area contributed by atoms with Crippen LogP contribution < -0.4 is 14.8 Å². The van der Waals surface area contributed by atoms with Crippen LogP contribution in [-0.4, -0.2) is 19.1 Å². The van der Waals surface area contributed by atoms with E-state index in [1.807, 2.05) is 38.1 Å². The summed E-state index contributed by atoms with van der Waals surface area (Å²) in [5.74, 6) is 1.60. The van der Waals surface area contributed by atoms with E-state index in [1.165, 1.54) is 0 Å². The number of carbonyl (C=O) groups excluding carboxylic acids is 1. The van der Waals surface area contributed by atoms with Crippen LogP contribution in [0.15, 0.2) is 36.4 Å². The van der Waals surface area contributed by atoms with Crippen molar-refractivity contribution >= 4 is 11.6 Å². The average Bonchev–Trinajstić information content (AvgIpc) is 3.15. The lowest BCUT2D eigenvalue weighted by Crippen LogP contribution is -2.38. The molecule has 136 valence electrons. The largest absolute Gasteiger partial charge is 0.486 e. The number of hydrogen-bond donors (Lipinski definition) is 1. The zero-order chi connectivity index (χ0) is 18.1. The molecule has 4 nitrogen and oxygen atoms in total. The molecule has 2 aromatic rings. The van der Waals surface area contributed by atoms with E-state index in [1.54, 1.807) is 0 Å². The van der Waals surface area contributed by atoms with E-state index in [0.29, 0.717) is 13.2 Å². The first-order chi connectivity index (χ1) is 12.6. The highest BCUT2D eigenvalue weighted by molar-refractivity contribution is 6.00. The molecule has 1 aliphatic carbocycles. The SMILES string of the molecule is Cc1ccc(C)c(NC(=O)C2(c3ccc4c(c3)OCCO4)CCCC2)c1. The summed E-state index contributed by atoms with van der Waals surface area (Å²) < 4.78 is 11.4. The Bertz CT molecular complexity index is 837. The van der Waals surface area contributed by atoms with Crippen LogP contribution in [0.25, 0.3) is 0 Å². The Balaban J connectivity index is 1.68. The summed E-state index contributed by atoms with van der Waals surface area (Å²) in [7, 11) is 0. The number of aryl methyl sites for hydroxylation is 2. The number of rotatable bonds is 3. The number of nitrogens with one attached hydrogen (secondary N) is 1. The third-order valence-electron chi connectivity index (χ3n) is 5.63. The monoisotopic (exact) mass is 351 g/mol. The summed E-state index contributed by atoms with van der Waals surface area (Å²) in [6.45, 7) is 5.20. The summed E-state index contributed by atoms with van der Waals surface area (Å²) >= 11 is 0. The molecular formula is C22H25NO3. The number of hydrogen-bond acceptors (Lipinski definition) is 3. The van der Waals surface area contributed by atoms with Gasteiger partial charge in [0.2, 0.25) is 5.91 Å². The van der Waals surface area contributed by atoms with Gasteiger partial charge < -0.3 is 14.8 Å². The molecule has 1 amide bonds. The first kappa shape index (κ1) is 17.0. The van der Waals surface area contributed by atoms with Gasteiger partial charge in [-0.25, -0.2) is 0 Å². The standard InChI is InChI=1S/C22H25NO3/c1-15-5-6-16(2)18(13-15)23-21(24)22(9-3-4-10-22)17-7-8-19-20(14-17)26-12-11-25-19/h5-8,13-14H,3-4,9-12H2,1-2H3,(H,23,24). The molecule has 1 heterocycles. The van der Waals surface area contributed by atoms with Gasteiger partial charge in [0.25, 0.3) is 0 Å². The molecule has 1 aliphatic heterocycles. The van der Waals surface area contributed by atoms with Crippen LogP contribution in [-0.2, 0) is 10.2 Å². The number of anilines is 1. The highest BCUT2D eigenvalue weighted by atomic mass is 16.6. The van der Waals surface area contributed by atoms with Crippen LogP contribution in [0.5, 0.6) is 11.5 Å². The highest BCUT2D eigenvalue weighted by Crippen LogP contribution is 2.45. The third kappa shape index (κ3) is 2.94. The number of ether oxygens (including phenoxy) is 2. The van der Waals surface area contributed by atoms with Gasteiger partial charge in [0.05, 0.1) is 5.41 Å². The molecule has 0 aromatic heterocycles. The van der Waals surface area contributed by atoms with Crippen LogP contribution in [0.3, 0.4) is 0 Å². The summed E-state index contributed by atoms with van der Waals surface area (Å²) in [4.78, 5) is 13.4. The number of benzene rings is 2. The van der Waals surface area contributed by atoms with Crippen molar-refractivity contribution in [2.45, 2.75) is 44.9 Å². The third-order valence-corrected chi connectivity index (χ3v) is 5.63. The molecule has 1 saturated carbocycles. The maximum Gasteiger partial charge on any atom is 0.235 e. The van der Waals surface area contributed by atoms with Crippen LogP contribution in [0, 0.1) is 13.8 Å². The van der Waals surface area contributed by atoms with Gasteiger partial charge in [-0.3, -0.25) is 4.79 Å². The van der Waals surface area contributed by atoms with Crippen molar-refractivity contribution in [3.63, 3.8) is 0 Å². The molecule has 0 spiro atoms. The zero-order valence-corrected chi connectivity index (χ0v) is 15.4. The van der Waals surface area contributed by atoms with Crippen molar-refractivity contribution < 1.29 is 14.3 Å². The molecule has 4 rings (SSSR count). The molecule has 1 fully saturated rings. The van der Waals surface area contributed by atoms with E-state index in [0.717, 1.165) is 59.6 Å². The fourth-order valence-electron chi connectivity index (χ4n) is 4.08. The van der Waals surface area contributed by atoms with Crippen molar-refractivity contribution in [2.75, 3.05) is 18.5 Å². The Kier molecular flexibility index (Phi) is 4.35. The fraction of sp³-hybridized carbons (Fsp3) is 0.409. The summed E-state index contributed by atoms with van der Waals surface area (Å²) in [6, 6.07) is 12.1. The molecule has 2 aliphatic rings. The van der Waals surface area contributed by atoms with E-state index in [9.17, 15) is 4.79 Å². The van der Waals surface area contributed by atoms with Gasteiger partial charge in [-0.1, -0.05) is 31.0 Å². The van der Waals surface area contributed by atoms with Crippen molar-refractivity contribution in [3.8, 4) is 11.5 Å². The smallest absolute Gasteiger partial charge is 0.235 e. The molecular weight excluding hydrogens is 326 g/mol. The summed E-state index contributed by atoms with van der Waals surface area (Å²) in [5, 5.41) is 3.20. The van der Waals surface area contributed by atoms with Gasteiger partial charge >= 0.3 is 0 Å². The Morgan fingerprint density at radius 1 is 0.962 bits per heavy atom. The van der Waals surface area contributed by atoms with Crippen molar-refractivity contribution in [1.82, 2.24) is 0 Å². The topological polar surface area (TPSA) is 47.6 Å². The van der Waals surface area contributed by atoms with Crippen molar-refractivity contribution in [3.05, 3.63) is 53.1 Å². The molecule has 26 heavy (non-hydrogen) atoms. The summed E-state index contributed by atoms with van der Waals surface area (Å²) in [6.07, 6.45) is 3.86.